The summed E-state index contributed by atoms with van der Waals surface area (Å²) in [7, 11) is 0. The molecule has 0 spiro atoms. The lowest BCUT2D eigenvalue weighted by Gasteiger charge is -2.14. The van der Waals surface area contributed by atoms with Gasteiger partial charge in [-0.3, -0.25) is 0 Å². The molecule has 1 rings (SSSR count). The van der Waals surface area contributed by atoms with Crippen molar-refractivity contribution >= 4 is 35.6 Å². The van der Waals surface area contributed by atoms with Gasteiger partial charge in [0.25, 0.3) is 0 Å². The summed E-state index contributed by atoms with van der Waals surface area (Å²) in [5.41, 5.74) is 5.96. The zero-order chi connectivity index (χ0) is 12.3. The quantitative estimate of drug-likeness (QED) is 0.852. The Balaban J connectivity index is 0.00000256. The monoisotopic (exact) mass is 308 g/mol. The lowest BCUT2D eigenvalue weighted by atomic mass is 10.1. The summed E-state index contributed by atoms with van der Waals surface area (Å²) >= 11 is 11.3. The number of aromatic nitrogens is 1. The first kappa shape index (κ1) is 16.8. The highest BCUT2D eigenvalue weighted by Gasteiger charge is 2.28. The molecule has 0 aromatic carbocycles. The van der Waals surface area contributed by atoms with E-state index in [1.807, 2.05) is 0 Å². The van der Waals surface area contributed by atoms with Crippen LogP contribution in [0.1, 0.15) is 24.4 Å². The van der Waals surface area contributed by atoms with Gasteiger partial charge >= 0.3 is 6.18 Å². The molecule has 0 aliphatic heterocycles. The molecule has 2 nitrogen and oxygen atoms in total. The second-order valence-electron chi connectivity index (χ2n) is 3.27. The normalized spacial score (nSPS) is 13.1. The van der Waals surface area contributed by atoms with Crippen molar-refractivity contribution in [1.82, 2.24) is 4.98 Å². The minimum Gasteiger partial charge on any atom is -0.324 e. The summed E-state index contributed by atoms with van der Waals surface area (Å²) in [5, 5.41) is 0.221. The molecule has 0 unspecified atom stereocenters. The molecule has 0 bridgehead atoms. The van der Waals surface area contributed by atoms with Crippen LogP contribution in [-0.4, -0.2) is 11.2 Å². The number of nitrogens with zero attached hydrogens (tertiary/aromatic N) is 1. The van der Waals surface area contributed by atoms with E-state index in [1.165, 1.54) is 12.1 Å². The first-order chi connectivity index (χ1) is 7.29. The molecule has 0 radical (unpaired) electrons. The van der Waals surface area contributed by atoms with Crippen molar-refractivity contribution in [3.63, 3.8) is 0 Å². The highest BCUT2D eigenvalue weighted by atomic mass is 35.5. The van der Waals surface area contributed by atoms with Crippen molar-refractivity contribution < 1.29 is 13.2 Å². The Morgan fingerprint density at radius 1 is 1.29 bits per heavy atom. The van der Waals surface area contributed by atoms with Gasteiger partial charge in [-0.05, 0) is 12.5 Å². The van der Waals surface area contributed by atoms with Crippen LogP contribution in [0.3, 0.4) is 0 Å². The third-order valence-corrected chi connectivity index (χ3v) is 2.50. The lowest BCUT2D eigenvalue weighted by Crippen LogP contribution is -2.16. The van der Waals surface area contributed by atoms with Crippen LogP contribution >= 0.6 is 35.6 Å². The van der Waals surface area contributed by atoms with Crippen LogP contribution in [0.15, 0.2) is 12.1 Å². The SMILES string of the molecule is Cl.N[C@H](CCC(F)(F)F)c1ccc(Cl)nc1Cl. The van der Waals surface area contributed by atoms with E-state index < -0.39 is 18.6 Å². The van der Waals surface area contributed by atoms with Crippen LogP contribution in [0.4, 0.5) is 13.2 Å². The minimum absolute atomic E-state index is 0. The van der Waals surface area contributed by atoms with Crippen molar-refractivity contribution in [3.05, 3.63) is 28.0 Å². The predicted molar refractivity (Wildman–Crippen MR) is 63.7 cm³/mol. The van der Waals surface area contributed by atoms with Gasteiger partial charge in [0, 0.05) is 18.0 Å². The average Bonchev–Trinajstić information content (AvgIpc) is 2.13. The van der Waals surface area contributed by atoms with Crippen molar-refractivity contribution in [2.45, 2.75) is 25.1 Å². The predicted octanol–water partition coefficient (Wildman–Crippen LogP) is 4.15. The van der Waals surface area contributed by atoms with Crippen LogP contribution in [0.5, 0.6) is 0 Å². The number of hydrogen-bond donors (Lipinski definition) is 1. The first-order valence-electron chi connectivity index (χ1n) is 4.44. The Kier molecular flexibility index (Phi) is 6.55. The molecular formula is C9H10Cl3F3N2. The topological polar surface area (TPSA) is 38.9 Å². The van der Waals surface area contributed by atoms with Gasteiger partial charge in [-0.15, -0.1) is 12.4 Å². The molecule has 8 heteroatoms. The number of pyridine rings is 1. The third kappa shape index (κ3) is 5.77. The maximum absolute atomic E-state index is 12.0. The Labute approximate surface area is 113 Å². The van der Waals surface area contributed by atoms with Crippen molar-refractivity contribution in [3.8, 4) is 0 Å². The van der Waals surface area contributed by atoms with Crippen LogP contribution in [0, 0.1) is 0 Å². The summed E-state index contributed by atoms with van der Waals surface area (Å²) in [5.74, 6) is 0. The lowest BCUT2D eigenvalue weighted by molar-refractivity contribution is -0.136. The van der Waals surface area contributed by atoms with E-state index in [-0.39, 0.29) is 29.1 Å². The van der Waals surface area contributed by atoms with E-state index in [4.69, 9.17) is 28.9 Å². The molecule has 1 aromatic rings. The highest BCUT2D eigenvalue weighted by molar-refractivity contribution is 6.32. The highest BCUT2D eigenvalue weighted by Crippen LogP contribution is 2.29. The molecule has 2 N–H and O–H groups in total. The molecule has 0 saturated carbocycles. The molecule has 98 valence electrons. The van der Waals surface area contributed by atoms with Gasteiger partial charge in [0.15, 0.2) is 0 Å². The van der Waals surface area contributed by atoms with E-state index >= 15 is 0 Å². The third-order valence-electron chi connectivity index (χ3n) is 1.98. The van der Waals surface area contributed by atoms with E-state index in [1.54, 1.807) is 0 Å². The number of nitrogens with two attached hydrogens (primary N) is 1. The average molecular weight is 310 g/mol. The molecule has 0 saturated heterocycles. The Hall–Kier alpha value is -0.230. The van der Waals surface area contributed by atoms with Gasteiger partial charge in [-0.1, -0.05) is 29.3 Å². The number of rotatable bonds is 3. The van der Waals surface area contributed by atoms with Gasteiger partial charge in [0.05, 0.1) is 0 Å². The molecule has 1 aromatic heterocycles. The van der Waals surface area contributed by atoms with E-state index in [0.29, 0.717) is 5.56 Å². The van der Waals surface area contributed by atoms with E-state index in [9.17, 15) is 13.2 Å². The summed E-state index contributed by atoms with van der Waals surface area (Å²) in [6, 6.07) is 2.13. The van der Waals surface area contributed by atoms with Gasteiger partial charge in [0.2, 0.25) is 0 Å². The van der Waals surface area contributed by atoms with Crippen molar-refractivity contribution in [1.29, 1.82) is 0 Å². The van der Waals surface area contributed by atoms with Gasteiger partial charge in [-0.25, -0.2) is 4.98 Å². The molecule has 0 amide bonds. The Morgan fingerprint density at radius 2 is 1.88 bits per heavy atom. The molecule has 0 aliphatic rings. The van der Waals surface area contributed by atoms with Gasteiger partial charge in [0.1, 0.15) is 10.3 Å². The zero-order valence-corrected chi connectivity index (χ0v) is 10.8. The minimum atomic E-state index is -4.22. The van der Waals surface area contributed by atoms with Crippen molar-refractivity contribution in [2.24, 2.45) is 5.73 Å². The number of halogens is 6. The second kappa shape index (κ2) is 6.64. The van der Waals surface area contributed by atoms with Crippen LogP contribution < -0.4 is 5.73 Å². The maximum atomic E-state index is 12.0. The molecule has 1 heterocycles. The Morgan fingerprint density at radius 3 is 2.35 bits per heavy atom. The van der Waals surface area contributed by atoms with Crippen LogP contribution in [0.25, 0.3) is 0 Å². The number of hydrogen-bond acceptors (Lipinski definition) is 2. The summed E-state index contributed by atoms with van der Waals surface area (Å²) < 4.78 is 35.9. The maximum Gasteiger partial charge on any atom is 0.389 e. The molecule has 0 aliphatic carbocycles. The van der Waals surface area contributed by atoms with E-state index in [2.05, 4.69) is 4.98 Å². The summed E-state index contributed by atoms with van der Waals surface area (Å²) in [6.45, 7) is 0. The largest absolute Gasteiger partial charge is 0.389 e. The van der Waals surface area contributed by atoms with Gasteiger partial charge in [-0.2, -0.15) is 13.2 Å². The first-order valence-corrected chi connectivity index (χ1v) is 5.19. The summed E-state index contributed by atoms with van der Waals surface area (Å²) in [4.78, 5) is 3.71. The zero-order valence-electron chi connectivity index (χ0n) is 8.47. The summed E-state index contributed by atoms with van der Waals surface area (Å²) in [6.07, 6.45) is -5.40. The standard InChI is InChI=1S/C9H9Cl2F3N2.ClH/c10-7-2-1-5(8(11)16-7)6(15)3-4-9(12,13)14;/h1-2,6H,3-4,15H2;1H/t6-;/m1./s1. The number of alkyl halides is 3. The smallest absolute Gasteiger partial charge is 0.324 e. The second-order valence-corrected chi connectivity index (χ2v) is 4.02. The fraction of sp³-hybridized carbons (Fsp3) is 0.444. The van der Waals surface area contributed by atoms with Crippen LogP contribution in [-0.2, 0) is 0 Å². The van der Waals surface area contributed by atoms with E-state index in [0.717, 1.165) is 0 Å². The fourth-order valence-corrected chi connectivity index (χ4v) is 1.66. The molecular weight excluding hydrogens is 299 g/mol. The van der Waals surface area contributed by atoms with Crippen LogP contribution in [0.2, 0.25) is 10.3 Å². The fourth-order valence-electron chi connectivity index (χ4n) is 1.17. The Bertz CT molecular complexity index is 371. The molecule has 1 atom stereocenters. The molecule has 0 fully saturated rings. The molecule has 17 heavy (non-hydrogen) atoms. The van der Waals surface area contributed by atoms with Gasteiger partial charge < -0.3 is 5.73 Å². The van der Waals surface area contributed by atoms with Crippen molar-refractivity contribution in [2.75, 3.05) is 0 Å².